The molecule has 3 fully saturated rings. The lowest BCUT2D eigenvalue weighted by Crippen LogP contribution is -2.73. The summed E-state index contributed by atoms with van der Waals surface area (Å²) >= 11 is 0. The number of carbonyl (C=O) groups excluding carboxylic acids is 1. The zero-order valence-electron chi connectivity index (χ0n) is 18.0. The minimum Gasteiger partial charge on any atom is -0.373 e. The van der Waals surface area contributed by atoms with Gasteiger partial charge in [0.25, 0.3) is 0 Å². The highest BCUT2D eigenvalue weighted by Crippen LogP contribution is 2.56. The molecule has 1 aromatic rings. The van der Waals surface area contributed by atoms with Gasteiger partial charge in [0, 0.05) is 31.0 Å². The van der Waals surface area contributed by atoms with E-state index in [4.69, 9.17) is 4.74 Å². The van der Waals surface area contributed by atoms with Crippen LogP contribution in [-0.4, -0.2) is 29.6 Å². The molecule has 2 bridgehead atoms. The average Bonchev–Trinajstić information content (AvgIpc) is 2.64. The van der Waals surface area contributed by atoms with E-state index < -0.39 is 0 Å². The lowest BCUT2D eigenvalue weighted by atomic mass is 9.52. The second-order valence-corrected chi connectivity index (χ2v) is 9.89. The molecule has 0 radical (unpaired) electrons. The summed E-state index contributed by atoms with van der Waals surface area (Å²) in [6.07, 6.45) is 4.28. The van der Waals surface area contributed by atoms with Crippen molar-refractivity contribution < 1.29 is 9.53 Å². The SMILES string of the molecule is CCc1ccc([C@@H]2OCC[C@]3(NC(C)=O)C4CC(C[C@@H]23)C(C)(C)N[C@@H]4C)cc1. The van der Waals surface area contributed by atoms with Crippen LogP contribution in [0.25, 0.3) is 0 Å². The fraction of sp³-hybridized carbons (Fsp3) is 0.708. The van der Waals surface area contributed by atoms with Crippen molar-refractivity contribution in [3.8, 4) is 0 Å². The third-order valence-electron chi connectivity index (χ3n) is 7.93. The maximum Gasteiger partial charge on any atom is 0.217 e. The van der Waals surface area contributed by atoms with Crippen LogP contribution in [0.15, 0.2) is 24.3 Å². The van der Waals surface area contributed by atoms with Crippen LogP contribution in [0.4, 0.5) is 0 Å². The van der Waals surface area contributed by atoms with Crippen LogP contribution in [0, 0.1) is 17.8 Å². The largest absolute Gasteiger partial charge is 0.373 e. The number of nitrogens with one attached hydrogen (secondary N) is 2. The number of fused-ring (bicyclic) bond motifs is 4. The van der Waals surface area contributed by atoms with Gasteiger partial charge in [0.1, 0.15) is 0 Å². The maximum atomic E-state index is 12.3. The second kappa shape index (κ2) is 7.14. The smallest absolute Gasteiger partial charge is 0.217 e. The molecule has 28 heavy (non-hydrogen) atoms. The molecule has 154 valence electrons. The number of aryl methyl sites for hydroxylation is 1. The Kier molecular flexibility index (Phi) is 5.08. The van der Waals surface area contributed by atoms with E-state index >= 15 is 0 Å². The molecule has 2 unspecified atom stereocenters. The lowest BCUT2D eigenvalue weighted by Gasteiger charge is -2.63. The van der Waals surface area contributed by atoms with Gasteiger partial charge in [-0.3, -0.25) is 4.79 Å². The van der Waals surface area contributed by atoms with Crippen LogP contribution in [-0.2, 0) is 16.0 Å². The van der Waals surface area contributed by atoms with E-state index in [0.717, 1.165) is 19.3 Å². The summed E-state index contributed by atoms with van der Waals surface area (Å²) in [6.45, 7) is 11.5. The van der Waals surface area contributed by atoms with Gasteiger partial charge >= 0.3 is 0 Å². The maximum absolute atomic E-state index is 12.3. The van der Waals surface area contributed by atoms with E-state index in [0.29, 0.717) is 30.4 Å². The number of hydrogen-bond acceptors (Lipinski definition) is 3. The van der Waals surface area contributed by atoms with Crippen molar-refractivity contribution in [3.63, 3.8) is 0 Å². The molecule has 2 N–H and O–H groups in total. The van der Waals surface area contributed by atoms with Crippen molar-refractivity contribution >= 4 is 5.91 Å². The molecular weight excluding hydrogens is 348 g/mol. The van der Waals surface area contributed by atoms with Crippen LogP contribution in [0.5, 0.6) is 0 Å². The Morgan fingerprint density at radius 3 is 2.54 bits per heavy atom. The van der Waals surface area contributed by atoms with Crippen LogP contribution in [0.2, 0.25) is 0 Å². The number of hydrogen-bond donors (Lipinski definition) is 2. The Morgan fingerprint density at radius 2 is 1.89 bits per heavy atom. The summed E-state index contributed by atoms with van der Waals surface area (Å²) in [5.74, 6) is 1.43. The van der Waals surface area contributed by atoms with Crippen LogP contribution >= 0.6 is 0 Å². The van der Waals surface area contributed by atoms with Crippen molar-refractivity contribution in [2.45, 2.75) is 83.5 Å². The Morgan fingerprint density at radius 1 is 1.21 bits per heavy atom. The topological polar surface area (TPSA) is 50.4 Å². The van der Waals surface area contributed by atoms with Gasteiger partial charge in [-0.2, -0.15) is 0 Å². The van der Waals surface area contributed by atoms with Crippen LogP contribution in [0.3, 0.4) is 0 Å². The standard InChI is InChI=1S/C24H36N2O2/c1-6-17-7-9-18(10-8-17)22-21-14-19-13-20(15(2)25-23(19,4)5)24(21,11-12-28-22)26-16(3)27/h7-10,15,19-22,25H,6,11-14H2,1-5H3,(H,26,27)/t15-,19?,20?,21+,22+,24+/m1/s1. The normalized spacial score (nSPS) is 39.1. The zero-order chi connectivity index (χ0) is 20.1. The quantitative estimate of drug-likeness (QED) is 0.828. The van der Waals surface area contributed by atoms with E-state index in [1.54, 1.807) is 6.92 Å². The van der Waals surface area contributed by atoms with E-state index in [2.05, 4.69) is 62.6 Å². The van der Waals surface area contributed by atoms with Crippen LogP contribution in [0.1, 0.15) is 71.1 Å². The molecule has 0 spiro atoms. The van der Waals surface area contributed by atoms with Crippen LogP contribution < -0.4 is 10.6 Å². The van der Waals surface area contributed by atoms with Crippen molar-refractivity contribution in [2.75, 3.05) is 6.61 Å². The van der Waals surface area contributed by atoms with Gasteiger partial charge in [-0.05, 0) is 69.4 Å². The summed E-state index contributed by atoms with van der Waals surface area (Å²) in [7, 11) is 0. The van der Waals surface area contributed by atoms with E-state index in [1.807, 2.05) is 0 Å². The number of amides is 1. The van der Waals surface area contributed by atoms with E-state index in [9.17, 15) is 4.79 Å². The predicted octanol–water partition coefficient (Wildman–Crippen LogP) is 4.00. The summed E-state index contributed by atoms with van der Waals surface area (Å²) in [5.41, 5.74) is 2.55. The molecule has 0 aromatic heterocycles. The minimum atomic E-state index is -0.183. The molecular formula is C24H36N2O2. The predicted molar refractivity (Wildman–Crippen MR) is 112 cm³/mol. The molecule has 1 aliphatic carbocycles. The molecule has 1 amide bonds. The Hall–Kier alpha value is -1.39. The van der Waals surface area contributed by atoms with Crippen molar-refractivity contribution in [3.05, 3.63) is 35.4 Å². The Bertz CT molecular complexity index is 729. The van der Waals surface area contributed by atoms with Gasteiger partial charge < -0.3 is 15.4 Å². The van der Waals surface area contributed by atoms with E-state index in [1.165, 1.54) is 17.5 Å². The first kappa shape index (κ1) is 19.9. The summed E-state index contributed by atoms with van der Waals surface area (Å²) in [4.78, 5) is 12.3. The molecule has 2 aliphatic heterocycles. The van der Waals surface area contributed by atoms with Gasteiger partial charge in [0.15, 0.2) is 0 Å². The first-order valence-electron chi connectivity index (χ1n) is 11.0. The van der Waals surface area contributed by atoms with Crippen molar-refractivity contribution in [1.29, 1.82) is 0 Å². The summed E-state index contributed by atoms with van der Waals surface area (Å²) < 4.78 is 6.41. The number of rotatable bonds is 3. The molecule has 4 heteroatoms. The van der Waals surface area contributed by atoms with Gasteiger partial charge in [-0.25, -0.2) is 0 Å². The highest BCUT2D eigenvalue weighted by Gasteiger charge is 2.60. The van der Waals surface area contributed by atoms with E-state index in [-0.39, 0.29) is 23.1 Å². The third-order valence-corrected chi connectivity index (χ3v) is 7.93. The molecule has 6 atom stereocenters. The third kappa shape index (κ3) is 3.19. The van der Waals surface area contributed by atoms with Gasteiger partial charge in [0.05, 0.1) is 11.6 Å². The lowest BCUT2D eigenvalue weighted by molar-refractivity contribution is -0.160. The average molecular weight is 385 g/mol. The molecule has 4 rings (SSSR count). The van der Waals surface area contributed by atoms with Gasteiger partial charge in [-0.15, -0.1) is 0 Å². The molecule has 3 aliphatic rings. The first-order chi connectivity index (χ1) is 13.3. The highest BCUT2D eigenvalue weighted by molar-refractivity contribution is 5.74. The Balaban J connectivity index is 1.75. The van der Waals surface area contributed by atoms with Gasteiger partial charge in [0.2, 0.25) is 5.91 Å². The van der Waals surface area contributed by atoms with Gasteiger partial charge in [-0.1, -0.05) is 31.2 Å². The highest BCUT2D eigenvalue weighted by atomic mass is 16.5. The Labute approximate surface area is 169 Å². The second-order valence-electron chi connectivity index (χ2n) is 9.89. The zero-order valence-corrected chi connectivity index (χ0v) is 18.0. The van der Waals surface area contributed by atoms with Crippen molar-refractivity contribution in [1.82, 2.24) is 10.6 Å². The number of benzene rings is 1. The number of piperidine rings is 1. The van der Waals surface area contributed by atoms with Crippen molar-refractivity contribution in [2.24, 2.45) is 17.8 Å². The molecule has 4 nitrogen and oxygen atoms in total. The summed E-state index contributed by atoms with van der Waals surface area (Å²) in [6, 6.07) is 9.31. The minimum absolute atomic E-state index is 0.0536. The first-order valence-corrected chi connectivity index (χ1v) is 11.0. The fourth-order valence-electron chi connectivity index (χ4n) is 6.53. The number of carbonyl (C=O) groups is 1. The number of ether oxygens (including phenoxy) is 1. The fourth-order valence-corrected chi connectivity index (χ4v) is 6.53. The molecule has 1 saturated carbocycles. The monoisotopic (exact) mass is 384 g/mol. The molecule has 2 heterocycles. The molecule has 1 aromatic carbocycles. The molecule has 2 saturated heterocycles. The summed E-state index contributed by atoms with van der Waals surface area (Å²) in [5, 5.41) is 7.34.